The molecule has 0 N–H and O–H groups in total. The Morgan fingerprint density at radius 3 is 1.90 bits per heavy atom. The molecule has 0 amide bonds. The number of nitrogens with zero attached hydrogens (tertiary/aromatic N) is 2. The summed E-state index contributed by atoms with van der Waals surface area (Å²) in [5.74, 6) is 0.611. The standard InChI is InChI=1S/C18H30N2/c1-14(2)17-7-6-8-18(13-17)16(5)20-11-9-19(10-12-20)15(3)4/h6-8,13-16H,9-12H2,1-5H3/t16-/m1/s1. The van der Waals surface area contributed by atoms with Gasteiger partial charge in [-0.3, -0.25) is 9.80 Å². The van der Waals surface area contributed by atoms with Crippen molar-refractivity contribution in [2.24, 2.45) is 0 Å². The number of rotatable bonds is 4. The lowest BCUT2D eigenvalue weighted by Crippen LogP contribution is -2.49. The minimum absolute atomic E-state index is 0.531. The maximum absolute atomic E-state index is 2.62. The number of piperazine rings is 1. The zero-order valence-corrected chi connectivity index (χ0v) is 13.8. The van der Waals surface area contributed by atoms with E-state index in [0.29, 0.717) is 18.0 Å². The van der Waals surface area contributed by atoms with E-state index < -0.39 is 0 Å². The van der Waals surface area contributed by atoms with Crippen LogP contribution in [0.5, 0.6) is 0 Å². The molecule has 2 nitrogen and oxygen atoms in total. The van der Waals surface area contributed by atoms with Gasteiger partial charge < -0.3 is 0 Å². The minimum atomic E-state index is 0.531. The Kier molecular flexibility index (Phi) is 5.22. The van der Waals surface area contributed by atoms with Crippen molar-refractivity contribution in [3.8, 4) is 0 Å². The second kappa shape index (κ2) is 6.73. The van der Waals surface area contributed by atoms with E-state index in [1.165, 1.54) is 37.3 Å². The topological polar surface area (TPSA) is 6.48 Å². The molecule has 112 valence electrons. The van der Waals surface area contributed by atoms with Crippen molar-refractivity contribution in [1.82, 2.24) is 9.80 Å². The molecule has 0 aliphatic carbocycles. The van der Waals surface area contributed by atoms with E-state index in [0.717, 1.165) is 0 Å². The van der Waals surface area contributed by atoms with Crippen molar-refractivity contribution in [3.63, 3.8) is 0 Å². The summed E-state index contributed by atoms with van der Waals surface area (Å²) < 4.78 is 0. The molecule has 0 radical (unpaired) electrons. The van der Waals surface area contributed by atoms with Crippen LogP contribution in [-0.2, 0) is 0 Å². The Hall–Kier alpha value is -0.860. The molecule has 2 rings (SSSR count). The highest BCUT2D eigenvalue weighted by Gasteiger charge is 2.23. The molecule has 1 saturated heterocycles. The van der Waals surface area contributed by atoms with Crippen molar-refractivity contribution in [3.05, 3.63) is 35.4 Å². The van der Waals surface area contributed by atoms with Gasteiger partial charge >= 0.3 is 0 Å². The van der Waals surface area contributed by atoms with Crippen LogP contribution in [0.1, 0.15) is 57.7 Å². The Bertz CT molecular complexity index is 417. The van der Waals surface area contributed by atoms with E-state index in [-0.39, 0.29) is 0 Å². The van der Waals surface area contributed by atoms with Gasteiger partial charge in [0.15, 0.2) is 0 Å². The number of benzene rings is 1. The highest BCUT2D eigenvalue weighted by molar-refractivity contribution is 5.27. The van der Waals surface area contributed by atoms with Crippen LogP contribution in [0.2, 0.25) is 0 Å². The summed E-state index contributed by atoms with van der Waals surface area (Å²) in [4.78, 5) is 5.20. The fraction of sp³-hybridized carbons (Fsp3) is 0.667. The maximum Gasteiger partial charge on any atom is 0.0321 e. The van der Waals surface area contributed by atoms with Crippen molar-refractivity contribution in [1.29, 1.82) is 0 Å². The molecule has 0 aromatic heterocycles. The van der Waals surface area contributed by atoms with E-state index in [2.05, 4.69) is 68.7 Å². The fourth-order valence-corrected chi connectivity index (χ4v) is 3.03. The highest BCUT2D eigenvalue weighted by atomic mass is 15.3. The third-order valence-corrected chi connectivity index (χ3v) is 4.69. The van der Waals surface area contributed by atoms with Gasteiger partial charge in [0, 0.05) is 38.3 Å². The van der Waals surface area contributed by atoms with Gasteiger partial charge in [-0.25, -0.2) is 0 Å². The molecular weight excluding hydrogens is 244 g/mol. The van der Waals surface area contributed by atoms with Crippen LogP contribution < -0.4 is 0 Å². The first kappa shape index (κ1) is 15.5. The number of hydrogen-bond acceptors (Lipinski definition) is 2. The average molecular weight is 274 g/mol. The molecule has 1 atom stereocenters. The smallest absolute Gasteiger partial charge is 0.0321 e. The second-order valence-electron chi connectivity index (χ2n) is 6.67. The van der Waals surface area contributed by atoms with E-state index in [1.807, 2.05) is 0 Å². The van der Waals surface area contributed by atoms with Crippen molar-refractivity contribution in [2.75, 3.05) is 26.2 Å². The molecule has 0 saturated carbocycles. The van der Waals surface area contributed by atoms with Gasteiger partial charge in [-0.15, -0.1) is 0 Å². The Morgan fingerprint density at radius 1 is 0.800 bits per heavy atom. The second-order valence-corrected chi connectivity index (χ2v) is 6.67. The average Bonchev–Trinajstić information content (AvgIpc) is 2.46. The number of hydrogen-bond donors (Lipinski definition) is 0. The largest absolute Gasteiger partial charge is 0.298 e. The van der Waals surface area contributed by atoms with Crippen molar-refractivity contribution >= 4 is 0 Å². The summed E-state index contributed by atoms with van der Waals surface area (Å²) in [5, 5.41) is 0. The van der Waals surface area contributed by atoms with Gasteiger partial charge in [-0.2, -0.15) is 0 Å². The molecule has 0 spiro atoms. The summed E-state index contributed by atoms with van der Waals surface area (Å²) in [6.07, 6.45) is 0. The van der Waals surface area contributed by atoms with Gasteiger partial charge in [-0.05, 0) is 37.8 Å². The van der Waals surface area contributed by atoms with Crippen LogP contribution in [0, 0.1) is 0 Å². The molecule has 1 aromatic rings. The predicted molar refractivity (Wildman–Crippen MR) is 87.2 cm³/mol. The van der Waals surface area contributed by atoms with Gasteiger partial charge in [0.25, 0.3) is 0 Å². The zero-order chi connectivity index (χ0) is 14.7. The molecule has 1 aliphatic heterocycles. The molecule has 1 aliphatic rings. The predicted octanol–water partition coefficient (Wildman–Crippen LogP) is 3.90. The maximum atomic E-state index is 2.62. The summed E-state index contributed by atoms with van der Waals surface area (Å²) in [7, 11) is 0. The molecule has 1 aromatic carbocycles. The Labute approximate surface area is 124 Å². The van der Waals surface area contributed by atoms with Crippen LogP contribution in [0.15, 0.2) is 24.3 Å². The minimum Gasteiger partial charge on any atom is -0.298 e. The first-order valence-corrected chi connectivity index (χ1v) is 8.07. The van der Waals surface area contributed by atoms with Crippen LogP contribution in [0.3, 0.4) is 0 Å². The zero-order valence-electron chi connectivity index (χ0n) is 13.8. The lowest BCUT2D eigenvalue weighted by atomic mass is 9.97. The first-order valence-electron chi connectivity index (χ1n) is 8.07. The fourth-order valence-electron chi connectivity index (χ4n) is 3.03. The normalized spacial score (nSPS) is 19.8. The van der Waals surface area contributed by atoms with Gasteiger partial charge in [0.1, 0.15) is 0 Å². The SMILES string of the molecule is CC(C)c1cccc([C@@H](C)N2CCN(C(C)C)CC2)c1. The van der Waals surface area contributed by atoms with Crippen molar-refractivity contribution in [2.45, 2.75) is 52.6 Å². The van der Waals surface area contributed by atoms with Crippen LogP contribution >= 0.6 is 0 Å². The molecule has 2 heteroatoms. The lowest BCUT2D eigenvalue weighted by Gasteiger charge is -2.40. The molecule has 1 heterocycles. The summed E-state index contributed by atoms with van der Waals surface area (Å²) >= 11 is 0. The quantitative estimate of drug-likeness (QED) is 0.821. The summed E-state index contributed by atoms with van der Waals surface area (Å²) in [6.45, 7) is 16.3. The van der Waals surface area contributed by atoms with Crippen molar-refractivity contribution < 1.29 is 0 Å². The van der Waals surface area contributed by atoms with E-state index in [4.69, 9.17) is 0 Å². The van der Waals surface area contributed by atoms with Gasteiger partial charge in [-0.1, -0.05) is 38.1 Å². The van der Waals surface area contributed by atoms with E-state index in [9.17, 15) is 0 Å². The molecule has 1 fully saturated rings. The summed E-state index contributed by atoms with van der Waals surface area (Å²) in [5.41, 5.74) is 2.92. The molecule has 20 heavy (non-hydrogen) atoms. The molecule has 0 bridgehead atoms. The lowest BCUT2D eigenvalue weighted by molar-refractivity contribution is 0.0833. The van der Waals surface area contributed by atoms with E-state index in [1.54, 1.807) is 0 Å². The Balaban J connectivity index is 2.01. The van der Waals surface area contributed by atoms with Gasteiger partial charge in [0.05, 0.1) is 0 Å². The molecular formula is C18H30N2. The molecule has 0 unspecified atom stereocenters. The van der Waals surface area contributed by atoms with Crippen LogP contribution in [-0.4, -0.2) is 42.0 Å². The summed E-state index contributed by atoms with van der Waals surface area (Å²) in [6, 6.07) is 10.3. The first-order chi connectivity index (χ1) is 9.49. The monoisotopic (exact) mass is 274 g/mol. The van der Waals surface area contributed by atoms with Gasteiger partial charge in [0.2, 0.25) is 0 Å². The van der Waals surface area contributed by atoms with E-state index >= 15 is 0 Å². The Morgan fingerprint density at radius 2 is 1.35 bits per heavy atom. The van der Waals surface area contributed by atoms with Crippen LogP contribution in [0.4, 0.5) is 0 Å². The van der Waals surface area contributed by atoms with Crippen LogP contribution in [0.25, 0.3) is 0 Å². The third-order valence-electron chi connectivity index (χ3n) is 4.69. The third kappa shape index (κ3) is 3.62. The highest BCUT2D eigenvalue weighted by Crippen LogP contribution is 2.25.